The van der Waals surface area contributed by atoms with Crippen molar-refractivity contribution in [1.29, 1.82) is 0 Å². The van der Waals surface area contributed by atoms with E-state index < -0.39 is 19.2 Å². The van der Waals surface area contributed by atoms with Crippen LogP contribution in [0.25, 0.3) is 0 Å². The summed E-state index contributed by atoms with van der Waals surface area (Å²) in [4.78, 5) is 13.0. The first-order valence-electron chi connectivity index (χ1n) is 7.53. The number of ether oxygens (including phenoxy) is 1. The van der Waals surface area contributed by atoms with Gasteiger partial charge in [0.1, 0.15) is 0 Å². The van der Waals surface area contributed by atoms with Crippen molar-refractivity contribution in [2.45, 2.75) is 47.8 Å². The van der Waals surface area contributed by atoms with Crippen LogP contribution >= 0.6 is 7.37 Å². The molecule has 0 amide bonds. The third kappa shape index (κ3) is 4.52. The largest absolute Gasteiger partial charge is 0.356 e. The fourth-order valence-electron chi connectivity index (χ4n) is 2.63. The summed E-state index contributed by atoms with van der Waals surface area (Å²) >= 11 is 0. The van der Waals surface area contributed by atoms with Crippen molar-refractivity contribution in [2.24, 2.45) is 5.92 Å². The molecule has 1 aromatic carbocycles. The molecule has 1 aromatic rings. The van der Waals surface area contributed by atoms with Gasteiger partial charge in [-0.15, -0.1) is 0 Å². The maximum Gasteiger partial charge on any atom is 0.274 e. The first-order valence-corrected chi connectivity index (χ1v) is 9.34. The highest BCUT2D eigenvalue weighted by atomic mass is 31.2. The van der Waals surface area contributed by atoms with Crippen LogP contribution in [0.3, 0.4) is 0 Å². The van der Waals surface area contributed by atoms with E-state index in [4.69, 9.17) is 9.26 Å². The number of aryl methyl sites for hydroxylation is 3. The first-order chi connectivity index (χ1) is 10.1. The van der Waals surface area contributed by atoms with Crippen LogP contribution in [0.2, 0.25) is 0 Å². The molecule has 4 nitrogen and oxygen atoms in total. The summed E-state index contributed by atoms with van der Waals surface area (Å²) in [5.74, 6) is 0.0879. The fraction of sp³-hybridized carbons (Fsp3) is 0.588. The lowest BCUT2D eigenvalue weighted by atomic mass is 10.0. The molecule has 0 saturated carbocycles. The average Bonchev–Trinajstić information content (AvgIpc) is 2.35. The number of carbonyl (C=O) groups is 1. The molecule has 0 fully saturated rings. The van der Waals surface area contributed by atoms with Crippen molar-refractivity contribution in [2.75, 3.05) is 13.3 Å². The van der Waals surface area contributed by atoms with E-state index in [1.807, 2.05) is 46.8 Å². The molecule has 0 aliphatic heterocycles. The Labute approximate surface area is 133 Å². The SMILES string of the molecule is COC(C)OP(=O)(CC(C)C)C(=O)c1c(C)cc(C)cc1C. The highest BCUT2D eigenvalue weighted by Gasteiger charge is 2.37. The van der Waals surface area contributed by atoms with Crippen LogP contribution in [0.15, 0.2) is 12.1 Å². The number of hydrogen-bond donors (Lipinski definition) is 0. The predicted octanol–water partition coefficient (Wildman–Crippen LogP) is 4.70. The van der Waals surface area contributed by atoms with E-state index in [0.29, 0.717) is 5.56 Å². The second kappa shape index (κ2) is 7.54. The van der Waals surface area contributed by atoms with Crippen molar-refractivity contribution in [3.63, 3.8) is 0 Å². The lowest BCUT2D eigenvalue weighted by molar-refractivity contribution is -0.0361. The van der Waals surface area contributed by atoms with Crippen LogP contribution in [0.5, 0.6) is 0 Å². The van der Waals surface area contributed by atoms with Crippen LogP contribution in [-0.2, 0) is 13.8 Å². The molecule has 5 heteroatoms. The lowest BCUT2D eigenvalue weighted by Gasteiger charge is -2.24. The van der Waals surface area contributed by atoms with E-state index in [9.17, 15) is 9.36 Å². The van der Waals surface area contributed by atoms with Crippen LogP contribution in [0.4, 0.5) is 0 Å². The minimum atomic E-state index is -3.49. The number of benzene rings is 1. The normalized spacial score (nSPS) is 15.6. The number of methoxy groups -OCH3 is 1. The van der Waals surface area contributed by atoms with Crippen molar-refractivity contribution in [1.82, 2.24) is 0 Å². The molecule has 0 bridgehead atoms. The Hall–Kier alpha value is -0.960. The molecule has 0 aliphatic carbocycles. The molecular formula is C17H27O4P. The molecule has 2 atom stereocenters. The summed E-state index contributed by atoms with van der Waals surface area (Å²) in [6.45, 7) is 11.2. The van der Waals surface area contributed by atoms with Gasteiger partial charge in [-0.05, 0) is 44.7 Å². The van der Waals surface area contributed by atoms with Crippen molar-refractivity contribution in [3.8, 4) is 0 Å². The molecular weight excluding hydrogens is 299 g/mol. The van der Waals surface area contributed by atoms with Gasteiger partial charge in [-0.1, -0.05) is 31.5 Å². The fourth-order valence-corrected chi connectivity index (χ4v) is 5.19. The van der Waals surface area contributed by atoms with Crippen LogP contribution in [0, 0.1) is 26.7 Å². The second-order valence-corrected chi connectivity index (χ2v) is 8.57. The number of hydrogen-bond acceptors (Lipinski definition) is 4. The molecule has 0 N–H and O–H groups in total. The van der Waals surface area contributed by atoms with Gasteiger partial charge in [0, 0.05) is 18.8 Å². The van der Waals surface area contributed by atoms with Gasteiger partial charge < -0.3 is 4.74 Å². The van der Waals surface area contributed by atoms with Crippen molar-refractivity contribution < 1.29 is 18.6 Å². The van der Waals surface area contributed by atoms with Gasteiger partial charge in [0.25, 0.3) is 7.37 Å². The Kier molecular flexibility index (Phi) is 6.54. The van der Waals surface area contributed by atoms with Gasteiger partial charge in [-0.2, -0.15) is 0 Å². The van der Waals surface area contributed by atoms with E-state index >= 15 is 0 Å². The van der Waals surface area contributed by atoms with Gasteiger partial charge in [0.15, 0.2) is 6.29 Å². The summed E-state index contributed by atoms with van der Waals surface area (Å²) in [5.41, 5.74) is 2.86. The maximum absolute atomic E-state index is 13.2. The molecule has 0 aromatic heterocycles. The average molecular weight is 326 g/mol. The Balaban J connectivity index is 3.31. The molecule has 0 spiro atoms. The topological polar surface area (TPSA) is 52.6 Å². The van der Waals surface area contributed by atoms with E-state index in [1.165, 1.54) is 7.11 Å². The van der Waals surface area contributed by atoms with Crippen molar-refractivity contribution >= 4 is 12.9 Å². The second-order valence-electron chi connectivity index (χ2n) is 6.24. The zero-order valence-electron chi connectivity index (χ0n) is 14.6. The predicted molar refractivity (Wildman–Crippen MR) is 89.9 cm³/mol. The first kappa shape index (κ1) is 19.1. The molecule has 0 heterocycles. The Morgan fingerprint density at radius 2 is 1.64 bits per heavy atom. The lowest BCUT2D eigenvalue weighted by Crippen LogP contribution is -2.18. The van der Waals surface area contributed by atoms with E-state index in [1.54, 1.807) is 6.92 Å². The van der Waals surface area contributed by atoms with Crippen molar-refractivity contribution in [3.05, 3.63) is 34.4 Å². The molecule has 124 valence electrons. The maximum atomic E-state index is 13.2. The van der Waals surface area contributed by atoms with Crippen LogP contribution in [0.1, 0.15) is 47.8 Å². The quantitative estimate of drug-likeness (QED) is 0.538. The van der Waals surface area contributed by atoms with E-state index in [-0.39, 0.29) is 12.1 Å². The summed E-state index contributed by atoms with van der Waals surface area (Å²) in [6, 6.07) is 3.86. The molecule has 0 aliphatic rings. The molecule has 22 heavy (non-hydrogen) atoms. The third-order valence-electron chi connectivity index (χ3n) is 3.46. The Bertz CT molecular complexity index is 569. The zero-order chi connectivity index (χ0) is 17.1. The van der Waals surface area contributed by atoms with Gasteiger partial charge in [0.05, 0.1) is 0 Å². The molecule has 0 radical (unpaired) electrons. The Morgan fingerprint density at radius 1 is 1.14 bits per heavy atom. The smallest absolute Gasteiger partial charge is 0.274 e. The van der Waals surface area contributed by atoms with Gasteiger partial charge >= 0.3 is 0 Å². The molecule has 1 rings (SSSR count). The number of carbonyl (C=O) groups excluding carboxylic acids is 1. The van der Waals surface area contributed by atoms with Gasteiger partial charge in [-0.25, -0.2) is 0 Å². The summed E-state index contributed by atoms with van der Waals surface area (Å²) < 4.78 is 23.8. The van der Waals surface area contributed by atoms with E-state index in [0.717, 1.165) is 16.7 Å². The minimum Gasteiger partial charge on any atom is -0.356 e. The third-order valence-corrected chi connectivity index (χ3v) is 6.15. The monoisotopic (exact) mass is 326 g/mol. The van der Waals surface area contributed by atoms with Crippen LogP contribution in [-0.4, -0.2) is 25.1 Å². The molecule has 0 saturated heterocycles. The van der Waals surface area contributed by atoms with Crippen LogP contribution < -0.4 is 0 Å². The summed E-state index contributed by atoms with van der Waals surface area (Å²) in [5, 5.41) is 0. The standard InChI is InChI=1S/C17H27O4P/c1-11(2)10-22(19,21-15(6)20-7)17(18)16-13(4)8-12(3)9-14(16)5/h8-9,11,15H,10H2,1-7H3. The highest BCUT2D eigenvalue weighted by Crippen LogP contribution is 2.53. The number of rotatable bonds is 7. The molecule has 2 unspecified atom stereocenters. The highest BCUT2D eigenvalue weighted by molar-refractivity contribution is 7.77. The van der Waals surface area contributed by atoms with Gasteiger partial charge in [0.2, 0.25) is 5.52 Å². The minimum absolute atomic E-state index is 0.0879. The summed E-state index contributed by atoms with van der Waals surface area (Å²) in [7, 11) is -2.02. The van der Waals surface area contributed by atoms with Gasteiger partial charge in [-0.3, -0.25) is 13.9 Å². The summed E-state index contributed by atoms with van der Waals surface area (Å²) in [6.07, 6.45) is -0.466. The Morgan fingerprint density at radius 3 is 2.05 bits per heavy atom. The zero-order valence-corrected chi connectivity index (χ0v) is 15.5. The van der Waals surface area contributed by atoms with E-state index in [2.05, 4.69) is 0 Å².